The van der Waals surface area contributed by atoms with E-state index in [1.54, 1.807) is 13.0 Å². The van der Waals surface area contributed by atoms with Crippen LogP contribution in [-0.4, -0.2) is 64.2 Å². The predicted molar refractivity (Wildman–Crippen MR) is 167 cm³/mol. The first-order valence-electron chi connectivity index (χ1n) is 15.3. The lowest BCUT2D eigenvalue weighted by atomic mass is 10.0. The Morgan fingerprint density at radius 1 is 1.02 bits per heavy atom. The fraction of sp³-hybridized carbons (Fsp3) is 0.394. The number of hydrogen-bond donors (Lipinski definition) is 1. The molecule has 1 aliphatic carbocycles. The van der Waals surface area contributed by atoms with Gasteiger partial charge in [-0.05, 0) is 87.6 Å². The van der Waals surface area contributed by atoms with Crippen LogP contribution in [0.4, 0.5) is 33.6 Å². The van der Waals surface area contributed by atoms with Gasteiger partial charge in [-0.1, -0.05) is 26.0 Å². The number of hydrogen-bond acceptors (Lipinski definition) is 6. The maximum atomic E-state index is 15.1. The molecule has 13 heteroatoms. The van der Waals surface area contributed by atoms with Gasteiger partial charge in [-0.25, -0.2) is 13.8 Å². The molecule has 2 aromatic heterocycles. The summed E-state index contributed by atoms with van der Waals surface area (Å²) in [5.41, 5.74) is -0.241. The van der Waals surface area contributed by atoms with Gasteiger partial charge in [-0.3, -0.25) is 14.2 Å². The molecule has 244 valence electrons. The van der Waals surface area contributed by atoms with E-state index in [1.807, 2.05) is 0 Å². The van der Waals surface area contributed by atoms with Crippen molar-refractivity contribution < 1.29 is 26.7 Å². The van der Waals surface area contributed by atoms with Gasteiger partial charge >= 0.3 is 12.1 Å². The number of rotatable bonds is 12. The molecule has 1 N–H and O–H groups in total. The smallest absolute Gasteiger partial charge is 0.354 e. The van der Waals surface area contributed by atoms with E-state index in [0.717, 1.165) is 60.1 Å². The lowest BCUT2D eigenvalue weighted by molar-refractivity contribution is -0.170. The Balaban J connectivity index is 1.69. The van der Waals surface area contributed by atoms with Crippen LogP contribution in [0.15, 0.2) is 53.3 Å². The number of para-hydroxylation sites is 1. The molecule has 0 bridgehead atoms. The highest BCUT2D eigenvalue weighted by Crippen LogP contribution is 2.37. The monoisotopic (exact) mass is 642 g/mol. The van der Waals surface area contributed by atoms with E-state index in [1.165, 1.54) is 24.3 Å². The summed E-state index contributed by atoms with van der Waals surface area (Å²) < 4.78 is 71.9. The molecule has 2 aromatic carbocycles. The highest BCUT2D eigenvalue weighted by Gasteiger charge is 2.44. The van der Waals surface area contributed by atoms with Crippen molar-refractivity contribution in [1.82, 2.24) is 19.4 Å². The Hall–Kier alpha value is -4.39. The molecule has 0 radical (unpaired) electrons. The van der Waals surface area contributed by atoms with Crippen molar-refractivity contribution in [2.45, 2.75) is 46.2 Å². The zero-order valence-corrected chi connectivity index (χ0v) is 25.8. The van der Waals surface area contributed by atoms with Crippen molar-refractivity contribution >= 4 is 28.6 Å². The molecule has 1 saturated carbocycles. The van der Waals surface area contributed by atoms with Crippen molar-refractivity contribution in [1.29, 1.82) is 0 Å². The van der Waals surface area contributed by atoms with Gasteiger partial charge in [-0.15, -0.1) is 0 Å². The van der Waals surface area contributed by atoms with Gasteiger partial charge in [0.05, 0.1) is 5.69 Å². The lowest BCUT2D eigenvalue weighted by Gasteiger charge is -2.25. The standard InChI is InChI=1S/C33H35F5N6O2/c1-4-42(5-2)17-7-16-39-32-40-28(23-14-15-27(45)44(30(23)41-32)29-25(34)8-6-9-26(29)35)24-18-22(13-10-20(24)3)43(19-21-11-12-21)31(46)33(36,37)38/h6,8-10,13-15,18,21H,4-5,7,11-12,16-17,19H2,1-3H3,(H,39,40,41). The van der Waals surface area contributed by atoms with Gasteiger partial charge in [0.15, 0.2) is 5.65 Å². The third-order valence-corrected chi connectivity index (χ3v) is 8.15. The van der Waals surface area contributed by atoms with Crippen LogP contribution in [-0.2, 0) is 4.79 Å². The Morgan fingerprint density at radius 2 is 1.72 bits per heavy atom. The molecule has 0 aliphatic heterocycles. The Labute approximate surface area is 262 Å². The molecule has 8 nitrogen and oxygen atoms in total. The van der Waals surface area contributed by atoms with E-state index in [2.05, 4.69) is 29.0 Å². The molecule has 4 aromatic rings. The van der Waals surface area contributed by atoms with E-state index >= 15 is 8.78 Å². The molecule has 1 fully saturated rings. The average Bonchev–Trinajstić information content (AvgIpc) is 3.84. The minimum Gasteiger partial charge on any atom is -0.354 e. The number of benzene rings is 2. The molecule has 5 rings (SSSR count). The summed E-state index contributed by atoms with van der Waals surface area (Å²) in [6.07, 6.45) is -2.91. The van der Waals surface area contributed by atoms with Crippen LogP contribution in [0.1, 0.15) is 38.7 Å². The molecule has 0 atom stereocenters. The number of fused-ring (bicyclic) bond motifs is 1. The molecular formula is C33H35F5N6O2. The van der Waals surface area contributed by atoms with Crippen molar-refractivity contribution in [2.24, 2.45) is 5.92 Å². The minimum absolute atomic E-state index is 0.0313. The van der Waals surface area contributed by atoms with E-state index in [-0.39, 0.29) is 40.8 Å². The number of carbonyl (C=O) groups excluding carboxylic acids is 1. The number of aromatic nitrogens is 3. The van der Waals surface area contributed by atoms with Crippen molar-refractivity contribution in [3.05, 3.63) is 76.1 Å². The Kier molecular flexibility index (Phi) is 9.71. The van der Waals surface area contributed by atoms with Crippen molar-refractivity contribution in [3.63, 3.8) is 0 Å². The number of alkyl halides is 3. The number of carbonyl (C=O) groups is 1. The first kappa shape index (κ1) is 33.0. The maximum absolute atomic E-state index is 15.1. The van der Waals surface area contributed by atoms with Crippen LogP contribution in [0.3, 0.4) is 0 Å². The third kappa shape index (κ3) is 7.04. The molecule has 0 saturated heterocycles. The number of anilines is 2. The van der Waals surface area contributed by atoms with E-state index in [4.69, 9.17) is 4.98 Å². The molecular weight excluding hydrogens is 607 g/mol. The zero-order valence-electron chi connectivity index (χ0n) is 25.8. The van der Waals surface area contributed by atoms with E-state index in [9.17, 15) is 22.8 Å². The maximum Gasteiger partial charge on any atom is 0.471 e. The van der Waals surface area contributed by atoms with Crippen LogP contribution < -0.4 is 15.8 Å². The van der Waals surface area contributed by atoms with Gasteiger partial charge in [0.1, 0.15) is 17.3 Å². The van der Waals surface area contributed by atoms with Crippen molar-refractivity contribution in [2.75, 3.05) is 42.9 Å². The van der Waals surface area contributed by atoms with E-state index < -0.39 is 35.0 Å². The third-order valence-electron chi connectivity index (χ3n) is 8.15. The summed E-state index contributed by atoms with van der Waals surface area (Å²) in [6.45, 7) is 8.72. The number of nitrogens with one attached hydrogen (secondary N) is 1. The zero-order chi connectivity index (χ0) is 33.2. The molecule has 1 aliphatic rings. The first-order chi connectivity index (χ1) is 21.9. The molecule has 0 unspecified atom stereocenters. The SMILES string of the molecule is CCN(CC)CCCNc1nc(-c2cc(N(CC3CC3)C(=O)C(F)(F)F)ccc2C)c2ccc(=O)n(-c3c(F)cccc3F)c2n1. The predicted octanol–water partition coefficient (Wildman–Crippen LogP) is 6.48. The molecule has 46 heavy (non-hydrogen) atoms. The number of amides is 1. The highest BCUT2D eigenvalue weighted by atomic mass is 19.4. The van der Waals surface area contributed by atoms with E-state index in [0.29, 0.717) is 24.1 Å². The second-order valence-electron chi connectivity index (χ2n) is 11.4. The normalized spacial score (nSPS) is 13.4. The summed E-state index contributed by atoms with van der Waals surface area (Å²) in [5, 5.41) is 3.37. The number of pyridine rings is 1. The minimum atomic E-state index is -5.08. The topological polar surface area (TPSA) is 83.4 Å². The van der Waals surface area contributed by atoms with Gasteiger partial charge in [0.2, 0.25) is 5.95 Å². The van der Waals surface area contributed by atoms with Crippen LogP contribution in [0.2, 0.25) is 0 Å². The second kappa shape index (κ2) is 13.5. The summed E-state index contributed by atoms with van der Waals surface area (Å²) >= 11 is 0. The number of aryl methyl sites for hydroxylation is 1. The first-order valence-corrected chi connectivity index (χ1v) is 15.3. The van der Waals surface area contributed by atoms with Gasteiger partial charge in [0.25, 0.3) is 5.56 Å². The average molecular weight is 643 g/mol. The number of nitrogens with zero attached hydrogens (tertiary/aromatic N) is 5. The molecule has 0 spiro atoms. The highest BCUT2D eigenvalue weighted by molar-refractivity contribution is 5.99. The summed E-state index contributed by atoms with van der Waals surface area (Å²) in [7, 11) is 0. The van der Waals surface area contributed by atoms with Crippen LogP contribution in [0, 0.1) is 24.5 Å². The van der Waals surface area contributed by atoms with Crippen molar-refractivity contribution in [3.8, 4) is 16.9 Å². The fourth-order valence-electron chi connectivity index (χ4n) is 5.41. The molecule has 1 amide bonds. The fourth-order valence-corrected chi connectivity index (χ4v) is 5.41. The van der Waals surface area contributed by atoms with Crippen LogP contribution >= 0.6 is 0 Å². The van der Waals surface area contributed by atoms with Gasteiger partial charge in [0, 0.05) is 35.8 Å². The second-order valence-corrected chi connectivity index (χ2v) is 11.4. The lowest BCUT2D eigenvalue weighted by Crippen LogP contribution is -2.42. The summed E-state index contributed by atoms with van der Waals surface area (Å²) in [5.74, 6) is -3.91. The largest absolute Gasteiger partial charge is 0.471 e. The molecule has 2 heterocycles. The summed E-state index contributed by atoms with van der Waals surface area (Å²) in [6, 6.07) is 10.3. The van der Waals surface area contributed by atoms with Gasteiger partial charge < -0.3 is 15.1 Å². The quantitative estimate of drug-likeness (QED) is 0.141. The summed E-state index contributed by atoms with van der Waals surface area (Å²) in [4.78, 5) is 37.9. The Bertz CT molecular complexity index is 1780. The van der Waals surface area contributed by atoms with Gasteiger partial charge in [-0.2, -0.15) is 18.2 Å². The number of halogens is 5. The van der Waals surface area contributed by atoms with Crippen LogP contribution in [0.5, 0.6) is 0 Å². The van der Waals surface area contributed by atoms with Crippen LogP contribution in [0.25, 0.3) is 28.0 Å². The Morgan fingerprint density at radius 3 is 2.35 bits per heavy atom.